The minimum absolute atomic E-state index is 0.00996. The fraction of sp³-hybridized carbons (Fsp3) is 0.308. The van der Waals surface area contributed by atoms with E-state index in [0.29, 0.717) is 11.6 Å². The predicted molar refractivity (Wildman–Crippen MR) is 76.4 cm³/mol. The van der Waals surface area contributed by atoms with Crippen LogP contribution >= 0.6 is 0 Å². The second-order valence-corrected chi connectivity index (χ2v) is 4.71. The van der Waals surface area contributed by atoms with E-state index in [0.717, 1.165) is 31.6 Å². The van der Waals surface area contributed by atoms with E-state index in [1.165, 1.54) is 0 Å². The zero-order chi connectivity index (χ0) is 13.9. The average Bonchev–Trinajstić information content (AvgIpc) is 3.08. The maximum atomic E-state index is 11.3. The molecule has 0 aliphatic carbocycles. The third-order valence-corrected chi connectivity index (χ3v) is 3.35. The summed E-state index contributed by atoms with van der Waals surface area (Å²) in [7, 11) is 0. The first kappa shape index (κ1) is 12.5. The Labute approximate surface area is 115 Å². The minimum Gasteiger partial charge on any atom is -0.349 e. The molecule has 0 bridgehead atoms. The first-order chi connectivity index (χ1) is 9.75. The van der Waals surface area contributed by atoms with Crippen LogP contribution in [-0.4, -0.2) is 28.2 Å². The summed E-state index contributed by atoms with van der Waals surface area (Å²) >= 11 is 0. The predicted octanol–water partition coefficient (Wildman–Crippen LogP) is 2.66. The van der Waals surface area contributed by atoms with Gasteiger partial charge in [-0.05, 0) is 25.0 Å². The number of H-pyrrole nitrogens is 1. The van der Waals surface area contributed by atoms with E-state index in [-0.39, 0.29) is 10.6 Å². The number of aromatic nitrogens is 2. The molecule has 7 heteroatoms. The van der Waals surface area contributed by atoms with E-state index in [4.69, 9.17) is 0 Å². The number of nitrogens with zero attached hydrogens (tertiary/aromatic N) is 3. The number of nitrogens with one attached hydrogen (secondary N) is 2. The zero-order valence-corrected chi connectivity index (χ0v) is 10.9. The summed E-state index contributed by atoms with van der Waals surface area (Å²) in [5.74, 6) is 0.744. The van der Waals surface area contributed by atoms with Crippen LogP contribution in [0.3, 0.4) is 0 Å². The molecule has 0 amide bonds. The summed E-state index contributed by atoms with van der Waals surface area (Å²) in [6, 6.07) is 9.32. The first-order valence-electron chi connectivity index (χ1n) is 6.55. The molecule has 3 rings (SSSR count). The van der Waals surface area contributed by atoms with Gasteiger partial charge in [-0.1, -0.05) is 18.2 Å². The number of hydrogen-bond acceptors (Lipinski definition) is 5. The molecule has 2 N–H and O–H groups in total. The summed E-state index contributed by atoms with van der Waals surface area (Å²) in [5, 5.41) is 21.2. The van der Waals surface area contributed by atoms with Crippen molar-refractivity contribution in [3.8, 4) is 0 Å². The lowest BCUT2D eigenvalue weighted by Crippen LogP contribution is -2.19. The summed E-state index contributed by atoms with van der Waals surface area (Å²) in [4.78, 5) is 12.9. The van der Waals surface area contributed by atoms with Crippen LogP contribution in [-0.2, 0) is 0 Å². The van der Waals surface area contributed by atoms with Gasteiger partial charge in [0.15, 0.2) is 0 Å². The van der Waals surface area contributed by atoms with E-state index in [1.54, 1.807) is 0 Å². The Morgan fingerprint density at radius 2 is 1.95 bits per heavy atom. The van der Waals surface area contributed by atoms with E-state index < -0.39 is 0 Å². The lowest BCUT2D eigenvalue weighted by molar-refractivity contribution is -0.383. The van der Waals surface area contributed by atoms with Crippen LogP contribution in [0.1, 0.15) is 12.8 Å². The number of anilines is 3. The molecule has 2 aromatic rings. The fourth-order valence-corrected chi connectivity index (χ4v) is 2.40. The largest absolute Gasteiger partial charge is 0.354 e. The topological polar surface area (TPSA) is 87.1 Å². The molecule has 0 radical (unpaired) electrons. The molecule has 20 heavy (non-hydrogen) atoms. The normalized spacial score (nSPS) is 14.5. The minimum atomic E-state index is -0.386. The van der Waals surface area contributed by atoms with Gasteiger partial charge in [0.1, 0.15) is 0 Å². The summed E-state index contributed by atoms with van der Waals surface area (Å²) < 4.78 is 0. The van der Waals surface area contributed by atoms with Gasteiger partial charge < -0.3 is 10.2 Å². The van der Waals surface area contributed by atoms with Crippen LogP contribution in [0.4, 0.5) is 23.0 Å². The Hall–Kier alpha value is -2.57. The average molecular weight is 273 g/mol. The highest BCUT2D eigenvalue weighted by molar-refractivity contribution is 5.75. The molecule has 0 spiro atoms. The number of aromatic amines is 1. The Morgan fingerprint density at radius 3 is 2.60 bits per heavy atom. The SMILES string of the molecule is O=[N+]([O-])c1c(N2CCCC2)n[nH]c1Nc1ccccc1. The first-order valence-corrected chi connectivity index (χ1v) is 6.55. The Bertz CT molecular complexity index is 604. The molecule has 1 aliphatic heterocycles. The van der Waals surface area contributed by atoms with E-state index in [1.807, 2.05) is 35.2 Å². The van der Waals surface area contributed by atoms with Crippen molar-refractivity contribution < 1.29 is 4.92 Å². The van der Waals surface area contributed by atoms with Crippen molar-refractivity contribution in [1.29, 1.82) is 0 Å². The van der Waals surface area contributed by atoms with Crippen LogP contribution in [0.2, 0.25) is 0 Å². The second-order valence-electron chi connectivity index (χ2n) is 4.71. The van der Waals surface area contributed by atoms with Crippen molar-refractivity contribution >= 4 is 23.0 Å². The monoisotopic (exact) mass is 273 g/mol. The number of para-hydroxylation sites is 1. The van der Waals surface area contributed by atoms with Gasteiger partial charge in [-0.25, -0.2) is 0 Å². The molecular formula is C13H15N5O2. The third-order valence-electron chi connectivity index (χ3n) is 3.35. The van der Waals surface area contributed by atoms with Gasteiger partial charge in [0.2, 0.25) is 11.6 Å². The number of rotatable bonds is 4. The second kappa shape index (κ2) is 5.20. The quantitative estimate of drug-likeness (QED) is 0.660. The lowest BCUT2D eigenvalue weighted by Gasteiger charge is -2.12. The van der Waals surface area contributed by atoms with E-state index >= 15 is 0 Å². The summed E-state index contributed by atoms with van der Waals surface area (Å²) in [5.41, 5.74) is 0.794. The lowest BCUT2D eigenvalue weighted by atomic mass is 10.3. The number of benzene rings is 1. The third kappa shape index (κ3) is 2.29. The van der Waals surface area contributed by atoms with Crippen molar-refractivity contribution in [2.24, 2.45) is 0 Å². The molecule has 1 saturated heterocycles. The van der Waals surface area contributed by atoms with Crippen molar-refractivity contribution in [1.82, 2.24) is 10.2 Å². The molecule has 0 saturated carbocycles. The molecule has 0 atom stereocenters. The maximum Gasteiger partial charge on any atom is 0.354 e. The standard InChI is InChI=1S/C13H15N5O2/c19-18(20)11-12(14-10-6-2-1-3-7-10)15-16-13(11)17-8-4-5-9-17/h1-3,6-7H,4-5,8-9H2,(H2,14,15,16). The van der Waals surface area contributed by atoms with Crippen molar-refractivity contribution in [2.45, 2.75) is 12.8 Å². The maximum absolute atomic E-state index is 11.3. The highest BCUT2D eigenvalue weighted by Gasteiger charge is 2.30. The molecule has 7 nitrogen and oxygen atoms in total. The smallest absolute Gasteiger partial charge is 0.349 e. The Balaban J connectivity index is 1.93. The molecule has 104 valence electrons. The van der Waals surface area contributed by atoms with E-state index in [2.05, 4.69) is 15.5 Å². The van der Waals surface area contributed by atoms with Crippen molar-refractivity contribution in [2.75, 3.05) is 23.3 Å². The van der Waals surface area contributed by atoms with Crippen molar-refractivity contribution in [3.05, 3.63) is 40.4 Å². The van der Waals surface area contributed by atoms with Gasteiger partial charge in [-0.15, -0.1) is 5.10 Å². The summed E-state index contributed by atoms with van der Waals surface area (Å²) in [6.07, 6.45) is 2.09. The van der Waals surface area contributed by atoms with Gasteiger partial charge in [-0.2, -0.15) is 0 Å². The van der Waals surface area contributed by atoms with Gasteiger partial charge in [0, 0.05) is 18.8 Å². The molecule has 1 fully saturated rings. The van der Waals surface area contributed by atoms with Crippen LogP contribution in [0.25, 0.3) is 0 Å². The number of hydrogen-bond donors (Lipinski definition) is 2. The van der Waals surface area contributed by atoms with Crippen LogP contribution < -0.4 is 10.2 Å². The molecule has 2 heterocycles. The van der Waals surface area contributed by atoms with Crippen LogP contribution in [0, 0.1) is 10.1 Å². The Kier molecular flexibility index (Phi) is 3.24. The van der Waals surface area contributed by atoms with Gasteiger partial charge >= 0.3 is 5.69 Å². The van der Waals surface area contributed by atoms with E-state index in [9.17, 15) is 10.1 Å². The fourth-order valence-electron chi connectivity index (χ4n) is 2.40. The summed E-state index contributed by atoms with van der Waals surface area (Å²) in [6.45, 7) is 1.63. The van der Waals surface area contributed by atoms with Crippen LogP contribution in [0.15, 0.2) is 30.3 Å². The molecular weight excluding hydrogens is 258 g/mol. The van der Waals surface area contributed by atoms with Crippen LogP contribution in [0.5, 0.6) is 0 Å². The molecule has 1 aromatic carbocycles. The Morgan fingerprint density at radius 1 is 1.25 bits per heavy atom. The molecule has 0 unspecified atom stereocenters. The molecule has 1 aliphatic rings. The highest BCUT2D eigenvalue weighted by Crippen LogP contribution is 2.35. The molecule has 1 aromatic heterocycles. The van der Waals surface area contributed by atoms with Crippen molar-refractivity contribution in [3.63, 3.8) is 0 Å². The number of nitro groups is 1. The van der Waals surface area contributed by atoms with Gasteiger partial charge in [0.25, 0.3) is 0 Å². The highest BCUT2D eigenvalue weighted by atomic mass is 16.6. The van der Waals surface area contributed by atoms with Gasteiger partial charge in [0.05, 0.1) is 4.92 Å². The zero-order valence-electron chi connectivity index (χ0n) is 10.9. The van der Waals surface area contributed by atoms with Gasteiger partial charge in [-0.3, -0.25) is 15.2 Å².